The van der Waals surface area contributed by atoms with Gasteiger partial charge in [0.15, 0.2) is 0 Å². The molecule has 5 heterocycles. The van der Waals surface area contributed by atoms with E-state index in [1.54, 1.807) is 34.2 Å². The van der Waals surface area contributed by atoms with Gasteiger partial charge in [-0.2, -0.15) is 8.78 Å². The van der Waals surface area contributed by atoms with Crippen molar-refractivity contribution in [3.05, 3.63) is 64.8 Å². The molecule has 2 aromatic heterocycles. The Bertz CT molecular complexity index is 1740. The molecule has 15 heteroatoms. The summed E-state index contributed by atoms with van der Waals surface area (Å²) >= 11 is 1.01. The molecule has 7 rings (SSSR count). The highest BCUT2D eigenvalue weighted by Crippen LogP contribution is 2.59. The van der Waals surface area contributed by atoms with Crippen LogP contribution < -0.4 is 5.32 Å². The van der Waals surface area contributed by atoms with Gasteiger partial charge in [0, 0.05) is 22.5 Å². The summed E-state index contributed by atoms with van der Waals surface area (Å²) in [7, 11) is -5.76. The lowest BCUT2D eigenvalue weighted by Gasteiger charge is -2.47. The van der Waals surface area contributed by atoms with E-state index in [-0.39, 0.29) is 47.1 Å². The molecule has 1 saturated carbocycles. The number of aromatic nitrogens is 1. The largest absolute Gasteiger partial charge is 0.399 e. The molecule has 3 saturated heterocycles. The van der Waals surface area contributed by atoms with Crippen molar-refractivity contribution in [1.29, 1.82) is 0 Å². The third-order valence-corrected chi connectivity index (χ3v) is 11.7. The van der Waals surface area contributed by atoms with Crippen molar-refractivity contribution in [2.45, 2.75) is 61.5 Å². The number of pyridine rings is 1. The smallest absolute Gasteiger partial charge is 0.380 e. The van der Waals surface area contributed by atoms with Crippen molar-refractivity contribution in [3.63, 3.8) is 0 Å². The average Bonchev–Trinajstić information content (AvgIpc) is 3.35. The molecule has 3 amide bonds. The van der Waals surface area contributed by atoms with E-state index in [1.165, 1.54) is 12.1 Å². The third kappa shape index (κ3) is 5.26. The molecule has 11 nitrogen and oxygen atoms in total. The summed E-state index contributed by atoms with van der Waals surface area (Å²) in [5, 5.41) is 14.0. The summed E-state index contributed by atoms with van der Waals surface area (Å²) in [4.78, 5) is 66.9. The minimum absolute atomic E-state index is 0.0741. The third-order valence-electron chi connectivity index (χ3n) is 9.64. The fourth-order valence-corrected chi connectivity index (χ4v) is 8.54. The van der Waals surface area contributed by atoms with Crippen LogP contribution in [-0.4, -0.2) is 78.6 Å². The van der Waals surface area contributed by atoms with Gasteiger partial charge in [-0.3, -0.25) is 23.9 Å². The maximum atomic E-state index is 14.3. The monoisotopic (exact) mass is 660 g/mol. The van der Waals surface area contributed by atoms with Crippen LogP contribution in [0.5, 0.6) is 0 Å². The van der Waals surface area contributed by atoms with E-state index < -0.39 is 42.4 Å². The van der Waals surface area contributed by atoms with Crippen LogP contribution in [0.25, 0.3) is 10.1 Å². The minimum atomic E-state index is -5.76. The number of hydrogen-bond donors (Lipinski definition) is 4. The Morgan fingerprint density at radius 1 is 1.07 bits per heavy atom. The van der Waals surface area contributed by atoms with Crippen LogP contribution in [0.3, 0.4) is 0 Å². The predicted molar refractivity (Wildman–Crippen MR) is 158 cm³/mol. The SMILES string of the molecule is O=C(N[C@H]1C[C@@H]2C[C@@H]2C[C@H]2CC[C@@H](C(=O)N3CC(O)(c4ccccn4)C3)N2C1=O)c1cc2cc(C(F)(F)P(=O)(O)O)ccc2s1. The lowest BCUT2D eigenvalue weighted by atomic mass is 9.89. The predicted octanol–water partition coefficient (Wildman–Crippen LogP) is 3.14. The second kappa shape index (κ2) is 10.6. The van der Waals surface area contributed by atoms with Gasteiger partial charge >= 0.3 is 13.3 Å². The summed E-state index contributed by atoms with van der Waals surface area (Å²) in [6, 6.07) is 8.02. The number of aliphatic hydroxyl groups is 1. The average molecular weight is 661 g/mol. The van der Waals surface area contributed by atoms with E-state index in [1.807, 2.05) is 0 Å². The Morgan fingerprint density at radius 3 is 2.53 bits per heavy atom. The van der Waals surface area contributed by atoms with Crippen LogP contribution in [-0.2, 0) is 25.4 Å². The molecule has 0 unspecified atom stereocenters. The first-order valence-corrected chi connectivity index (χ1v) is 17.2. The zero-order valence-electron chi connectivity index (χ0n) is 23.9. The Balaban J connectivity index is 1.08. The fraction of sp³-hybridized carbons (Fsp3) is 0.467. The van der Waals surface area contributed by atoms with Gasteiger partial charge in [0.2, 0.25) is 11.8 Å². The molecular weight excluding hydrogens is 629 g/mol. The highest BCUT2D eigenvalue weighted by molar-refractivity contribution is 7.52. The zero-order chi connectivity index (χ0) is 31.9. The second-order valence-electron chi connectivity index (χ2n) is 12.6. The number of hydrogen-bond acceptors (Lipinski definition) is 7. The van der Waals surface area contributed by atoms with Gasteiger partial charge in [0.1, 0.15) is 17.7 Å². The van der Waals surface area contributed by atoms with Gasteiger partial charge in [-0.15, -0.1) is 11.3 Å². The first-order chi connectivity index (χ1) is 21.2. The molecule has 5 atom stereocenters. The van der Waals surface area contributed by atoms with Gasteiger partial charge < -0.3 is 30.0 Å². The number of benzene rings is 1. The number of halogens is 2. The molecule has 238 valence electrons. The molecule has 0 radical (unpaired) electrons. The van der Waals surface area contributed by atoms with Crippen LogP contribution >= 0.6 is 18.9 Å². The number of nitrogens with one attached hydrogen (secondary N) is 1. The van der Waals surface area contributed by atoms with Gasteiger partial charge in [0.05, 0.1) is 23.7 Å². The van der Waals surface area contributed by atoms with Crippen LogP contribution in [0.4, 0.5) is 8.78 Å². The van der Waals surface area contributed by atoms with Crippen molar-refractivity contribution >= 4 is 46.7 Å². The minimum Gasteiger partial charge on any atom is -0.380 e. The van der Waals surface area contributed by atoms with Crippen LogP contribution in [0.2, 0.25) is 0 Å². The van der Waals surface area contributed by atoms with Crippen LogP contribution in [0, 0.1) is 11.8 Å². The molecule has 3 aliphatic heterocycles. The van der Waals surface area contributed by atoms with Crippen LogP contribution in [0.1, 0.15) is 53.0 Å². The number of nitrogens with zero attached hydrogens (tertiary/aromatic N) is 3. The summed E-state index contributed by atoms with van der Waals surface area (Å²) < 4.78 is 40.4. The number of alkyl halides is 2. The number of carbonyl (C=O) groups is 3. The molecule has 4 aliphatic rings. The first kappa shape index (κ1) is 30.4. The number of likely N-dealkylation sites (tertiary alicyclic amines) is 1. The van der Waals surface area contributed by atoms with E-state index in [2.05, 4.69) is 10.3 Å². The van der Waals surface area contributed by atoms with E-state index in [0.29, 0.717) is 35.6 Å². The van der Waals surface area contributed by atoms with Gasteiger partial charge in [-0.25, -0.2) is 0 Å². The van der Waals surface area contributed by atoms with Crippen molar-refractivity contribution in [2.24, 2.45) is 11.8 Å². The maximum Gasteiger partial charge on any atom is 0.399 e. The van der Waals surface area contributed by atoms with Gasteiger partial charge in [0.25, 0.3) is 5.91 Å². The van der Waals surface area contributed by atoms with E-state index >= 15 is 0 Å². The van der Waals surface area contributed by atoms with Crippen molar-refractivity contribution in [2.75, 3.05) is 13.1 Å². The molecule has 4 fully saturated rings. The molecule has 1 aromatic carbocycles. The number of rotatable bonds is 6. The number of β-amino-alcohol motifs (C(OH)–C–C–N with tert-alkyl or cyclic N) is 1. The molecule has 4 N–H and O–H groups in total. The first-order valence-electron chi connectivity index (χ1n) is 14.8. The lowest BCUT2D eigenvalue weighted by Crippen LogP contribution is -2.65. The van der Waals surface area contributed by atoms with Gasteiger partial charge in [-0.05, 0) is 79.7 Å². The standard InChI is InChI=1S/C30H31F2N4O7PS/c31-30(32,44(41,42)43)19-4-7-23-18(10-19)13-24(45-23)26(37)34-21-12-17-9-16(17)11-20-5-6-22(36(20)27(21)38)28(39)35-14-29(40,15-35)25-3-1-2-8-33-25/h1-4,7-8,10,13,16-17,20-22,40H,5-6,9,11-12,14-15H2,(H,34,37)(H2,41,42,43)/t16-,17+,20-,21+,22+/m1/s1. The van der Waals surface area contributed by atoms with Crippen molar-refractivity contribution < 1.29 is 42.6 Å². The van der Waals surface area contributed by atoms with Gasteiger partial charge in [-0.1, -0.05) is 12.1 Å². The quantitative estimate of drug-likeness (QED) is 0.294. The Hall–Kier alpha value is -3.29. The molecule has 0 spiro atoms. The molecule has 1 aliphatic carbocycles. The fourth-order valence-electron chi connectivity index (χ4n) is 7.12. The number of fused-ring (bicyclic) bond motifs is 3. The van der Waals surface area contributed by atoms with Crippen molar-refractivity contribution in [3.8, 4) is 0 Å². The lowest BCUT2D eigenvalue weighted by molar-refractivity contribution is -0.165. The van der Waals surface area contributed by atoms with E-state index in [0.717, 1.165) is 36.3 Å². The molecule has 45 heavy (non-hydrogen) atoms. The number of thiophene rings is 1. The van der Waals surface area contributed by atoms with E-state index in [9.17, 15) is 32.8 Å². The molecule has 0 bridgehead atoms. The number of carbonyl (C=O) groups excluding carboxylic acids is 3. The van der Waals surface area contributed by atoms with Crippen molar-refractivity contribution in [1.82, 2.24) is 20.1 Å². The summed E-state index contributed by atoms with van der Waals surface area (Å²) in [5.74, 6) is -0.468. The Kier molecular flexibility index (Phi) is 7.17. The highest BCUT2D eigenvalue weighted by atomic mass is 32.1. The second-order valence-corrected chi connectivity index (χ2v) is 15.4. The zero-order valence-corrected chi connectivity index (χ0v) is 25.6. The highest BCUT2D eigenvalue weighted by Gasteiger charge is 2.54. The van der Waals surface area contributed by atoms with E-state index in [4.69, 9.17) is 9.79 Å². The molecular formula is C30H31F2N4O7PS. The maximum absolute atomic E-state index is 14.3. The summed E-state index contributed by atoms with van der Waals surface area (Å²) in [5.41, 5.74) is -6.01. The topological polar surface area (TPSA) is 160 Å². The summed E-state index contributed by atoms with van der Waals surface area (Å²) in [6.07, 6.45) is 4.90. The summed E-state index contributed by atoms with van der Waals surface area (Å²) in [6.45, 7) is 0.148. The molecule has 3 aromatic rings. The Morgan fingerprint density at radius 2 is 1.82 bits per heavy atom. The number of amides is 3. The van der Waals surface area contributed by atoms with Crippen LogP contribution in [0.15, 0.2) is 48.7 Å². The Labute approximate surface area is 260 Å². The normalized spacial score (nSPS) is 27.7.